The Hall–Kier alpha value is -3.42. The Bertz CT molecular complexity index is 945. The third-order valence-corrected chi connectivity index (χ3v) is 4.48. The van der Waals surface area contributed by atoms with Gasteiger partial charge >= 0.3 is 0 Å². The van der Waals surface area contributed by atoms with Crippen molar-refractivity contribution in [3.05, 3.63) is 58.9 Å². The molecular formula is C20H20FN3O4. The van der Waals surface area contributed by atoms with E-state index in [1.807, 2.05) is 0 Å². The molecule has 3 amide bonds. The van der Waals surface area contributed by atoms with Gasteiger partial charge in [-0.05, 0) is 30.3 Å². The van der Waals surface area contributed by atoms with Crippen LogP contribution < -0.4 is 10.6 Å². The van der Waals surface area contributed by atoms with Crippen LogP contribution in [-0.4, -0.2) is 34.3 Å². The van der Waals surface area contributed by atoms with Crippen LogP contribution in [0.1, 0.15) is 34.8 Å². The number of aromatic hydroxyl groups is 1. The molecule has 0 saturated carbocycles. The topological polar surface area (TPSA) is 98.7 Å². The number of phenolic OH excluding ortho intramolecular Hbond substituents is 1. The SMILES string of the molecule is CCC(=O)NC(=O)CN1Cc2c(NCc3cc(O)ccc3F)cccc2C1=O. The van der Waals surface area contributed by atoms with Crippen molar-refractivity contribution < 1.29 is 23.9 Å². The summed E-state index contributed by atoms with van der Waals surface area (Å²) in [6, 6.07) is 8.90. The van der Waals surface area contributed by atoms with Crippen molar-refractivity contribution in [2.75, 3.05) is 11.9 Å². The highest BCUT2D eigenvalue weighted by molar-refractivity contribution is 6.03. The maximum Gasteiger partial charge on any atom is 0.255 e. The van der Waals surface area contributed by atoms with Crippen LogP contribution in [0.2, 0.25) is 0 Å². The molecule has 0 aromatic heterocycles. The third kappa shape index (κ3) is 4.11. The fraction of sp³-hybridized carbons (Fsp3) is 0.250. The molecule has 0 aliphatic carbocycles. The second kappa shape index (κ2) is 8.08. The summed E-state index contributed by atoms with van der Waals surface area (Å²) < 4.78 is 13.9. The zero-order chi connectivity index (χ0) is 20.3. The lowest BCUT2D eigenvalue weighted by atomic mass is 10.1. The number of rotatable bonds is 6. The van der Waals surface area contributed by atoms with Crippen molar-refractivity contribution in [2.45, 2.75) is 26.4 Å². The summed E-state index contributed by atoms with van der Waals surface area (Å²) in [6.45, 7) is 1.73. The van der Waals surface area contributed by atoms with E-state index in [2.05, 4.69) is 10.6 Å². The van der Waals surface area contributed by atoms with E-state index in [-0.39, 0.29) is 43.3 Å². The fourth-order valence-electron chi connectivity index (χ4n) is 3.03. The number of hydrogen-bond donors (Lipinski definition) is 3. The van der Waals surface area contributed by atoms with Crippen molar-refractivity contribution in [3.8, 4) is 5.75 Å². The van der Waals surface area contributed by atoms with Crippen molar-refractivity contribution in [1.82, 2.24) is 10.2 Å². The summed E-state index contributed by atoms with van der Waals surface area (Å²) in [6.07, 6.45) is 0.180. The molecule has 2 aromatic carbocycles. The zero-order valence-electron chi connectivity index (χ0n) is 15.3. The monoisotopic (exact) mass is 385 g/mol. The number of nitrogens with one attached hydrogen (secondary N) is 2. The molecule has 7 nitrogen and oxygen atoms in total. The Morgan fingerprint density at radius 3 is 2.75 bits per heavy atom. The van der Waals surface area contributed by atoms with Crippen LogP contribution in [0, 0.1) is 5.82 Å². The highest BCUT2D eigenvalue weighted by Crippen LogP contribution is 2.30. The summed E-state index contributed by atoms with van der Waals surface area (Å²) in [7, 11) is 0. The summed E-state index contributed by atoms with van der Waals surface area (Å²) in [5.74, 6) is -1.73. The van der Waals surface area contributed by atoms with Gasteiger partial charge in [0.25, 0.3) is 5.91 Å². The van der Waals surface area contributed by atoms with Gasteiger partial charge in [0.15, 0.2) is 0 Å². The normalized spacial score (nSPS) is 12.6. The minimum atomic E-state index is -0.538. The standard InChI is InChI=1S/C20H20FN3O4/c1-2-18(26)23-19(27)11-24-10-15-14(20(24)28)4-3-5-17(15)22-9-12-8-13(25)6-7-16(12)21/h3-8,22,25H,2,9-11H2,1H3,(H,23,26,27). The molecule has 1 heterocycles. The highest BCUT2D eigenvalue weighted by Gasteiger charge is 2.30. The molecule has 146 valence electrons. The summed E-state index contributed by atoms with van der Waals surface area (Å²) >= 11 is 0. The second-order valence-corrected chi connectivity index (χ2v) is 6.45. The van der Waals surface area contributed by atoms with Crippen LogP contribution >= 0.6 is 0 Å². The number of anilines is 1. The van der Waals surface area contributed by atoms with Gasteiger partial charge in [-0.2, -0.15) is 0 Å². The highest BCUT2D eigenvalue weighted by atomic mass is 19.1. The van der Waals surface area contributed by atoms with E-state index in [9.17, 15) is 23.9 Å². The van der Waals surface area contributed by atoms with E-state index >= 15 is 0 Å². The van der Waals surface area contributed by atoms with E-state index in [4.69, 9.17) is 0 Å². The number of halogens is 1. The summed E-state index contributed by atoms with van der Waals surface area (Å²) in [5.41, 5.74) is 2.08. The molecule has 8 heteroatoms. The van der Waals surface area contributed by atoms with Crippen molar-refractivity contribution in [3.63, 3.8) is 0 Å². The maximum atomic E-state index is 13.9. The first-order chi connectivity index (χ1) is 13.4. The van der Waals surface area contributed by atoms with Gasteiger partial charge in [0.2, 0.25) is 11.8 Å². The molecule has 0 saturated heterocycles. The quantitative estimate of drug-likeness (QED) is 0.708. The number of fused-ring (bicyclic) bond motifs is 1. The predicted molar refractivity (Wildman–Crippen MR) is 100 cm³/mol. The van der Waals surface area contributed by atoms with Crippen molar-refractivity contribution in [1.29, 1.82) is 0 Å². The molecule has 2 aromatic rings. The number of benzene rings is 2. The fourth-order valence-corrected chi connectivity index (χ4v) is 3.03. The number of carbonyl (C=O) groups excluding carboxylic acids is 3. The third-order valence-electron chi connectivity index (χ3n) is 4.48. The van der Waals surface area contributed by atoms with Gasteiger partial charge in [0.05, 0.1) is 0 Å². The Labute approximate surface area is 161 Å². The Morgan fingerprint density at radius 2 is 2.00 bits per heavy atom. The number of amides is 3. The molecule has 0 unspecified atom stereocenters. The first kappa shape index (κ1) is 19.3. The first-order valence-electron chi connectivity index (χ1n) is 8.84. The molecule has 0 fully saturated rings. The molecule has 1 aliphatic rings. The number of hydrogen-bond acceptors (Lipinski definition) is 5. The van der Waals surface area contributed by atoms with Crippen LogP contribution in [-0.2, 0) is 22.7 Å². The van der Waals surface area contributed by atoms with Crippen LogP contribution in [0.4, 0.5) is 10.1 Å². The van der Waals surface area contributed by atoms with Crippen molar-refractivity contribution in [2.24, 2.45) is 0 Å². The molecule has 0 atom stereocenters. The Balaban J connectivity index is 1.72. The number of carbonyl (C=O) groups is 3. The molecule has 0 spiro atoms. The van der Waals surface area contributed by atoms with Gasteiger partial charge in [0, 0.05) is 41.9 Å². The first-order valence-corrected chi connectivity index (χ1v) is 8.84. The lowest BCUT2D eigenvalue weighted by Gasteiger charge is -2.15. The molecule has 28 heavy (non-hydrogen) atoms. The van der Waals surface area contributed by atoms with E-state index in [0.29, 0.717) is 16.8 Å². The minimum absolute atomic E-state index is 0.0366. The lowest BCUT2D eigenvalue weighted by Crippen LogP contribution is -2.39. The molecule has 0 bridgehead atoms. The van der Waals surface area contributed by atoms with Gasteiger partial charge in [-0.15, -0.1) is 0 Å². The largest absolute Gasteiger partial charge is 0.508 e. The molecule has 0 radical (unpaired) electrons. The average Bonchev–Trinajstić information content (AvgIpc) is 2.98. The minimum Gasteiger partial charge on any atom is -0.508 e. The van der Waals surface area contributed by atoms with Gasteiger partial charge in [-0.3, -0.25) is 19.7 Å². The van der Waals surface area contributed by atoms with E-state index in [1.165, 1.54) is 23.1 Å². The van der Waals surface area contributed by atoms with E-state index in [1.54, 1.807) is 25.1 Å². The van der Waals surface area contributed by atoms with Gasteiger partial charge in [-0.25, -0.2) is 4.39 Å². The zero-order valence-corrected chi connectivity index (χ0v) is 15.3. The Kier molecular flexibility index (Phi) is 5.58. The number of phenols is 1. The van der Waals surface area contributed by atoms with Gasteiger partial charge < -0.3 is 15.3 Å². The number of imide groups is 1. The smallest absolute Gasteiger partial charge is 0.255 e. The predicted octanol–water partition coefficient (Wildman–Crippen LogP) is 2.15. The molecule has 1 aliphatic heterocycles. The van der Waals surface area contributed by atoms with E-state index < -0.39 is 17.6 Å². The van der Waals surface area contributed by atoms with Crippen LogP contribution in [0.3, 0.4) is 0 Å². The van der Waals surface area contributed by atoms with Crippen LogP contribution in [0.5, 0.6) is 5.75 Å². The van der Waals surface area contributed by atoms with E-state index in [0.717, 1.165) is 0 Å². The molecule has 3 N–H and O–H groups in total. The summed E-state index contributed by atoms with van der Waals surface area (Å²) in [5, 5.41) is 14.8. The van der Waals surface area contributed by atoms with Gasteiger partial charge in [-0.1, -0.05) is 13.0 Å². The van der Waals surface area contributed by atoms with Crippen LogP contribution in [0.15, 0.2) is 36.4 Å². The Morgan fingerprint density at radius 1 is 1.21 bits per heavy atom. The number of nitrogens with zero attached hydrogens (tertiary/aromatic N) is 1. The van der Waals surface area contributed by atoms with Crippen molar-refractivity contribution >= 4 is 23.4 Å². The molecule has 3 rings (SSSR count). The van der Waals surface area contributed by atoms with Gasteiger partial charge in [0.1, 0.15) is 18.1 Å². The maximum absolute atomic E-state index is 13.9. The second-order valence-electron chi connectivity index (χ2n) is 6.45. The lowest BCUT2D eigenvalue weighted by molar-refractivity contribution is -0.130. The molecular weight excluding hydrogens is 365 g/mol. The van der Waals surface area contributed by atoms with Crippen LogP contribution in [0.25, 0.3) is 0 Å². The summed E-state index contributed by atoms with van der Waals surface area (Å²) in [4.78, 5) is 37.2. The average molecular weight is 385 g/mol.